The van der Waals surface area contributed by atoms with Crippen molar-refractivity contribution in [2.24, 2.45) is 0 Å². The fraction of sp³-hybridized carbons (Fsp3) is 0.0667. The monoisotopic (exact) mass is 445 g/mol. The van der Waals surface area contributed by atoms with Crippen LogP contribution < -0.4 is 0 Å². The molecule has 7 rings (SSSR count). The molecule has 1 aliphatic rings. The molecule has 2 nitrogen and oxygen atoms in total. The van der Waals surface area contributed by atoms with E-state index in [1.807, 2.05) is 18.2 Å². The highest BCUT2D eigenvalue weighted by Gasteiger charge is 2.18. The van der Waals surface area contributed by atoms with Crippen LogP contribution in [-0.2, 0) is 0 Å². The Kier molecular flexibility index (Phi) is 4.06. The highest BCUT2D eigenvalue weighted by molar-refractivity contribution is 6.32. The van der Waals surface area contributed by atoms with Gasteiger partial charge in [0.05, 0.1) is 6.04 Å². The number of halogens is 1. The molecule has 1 aliphatic carbocycles. The highest BCUT2D eigenvalue weighted by atomic mass is 35.5. The second-order valence-corrected chi connectivity index (χ2v) is 9.13. The lowest BCUT2D eigenvalue weighted by Gasteiger charge is -2.18. The minimum absolute atomic E-state index is 0.302. The number of fused-ring (bicyclic) bond motifs is 6. The standard InChI is InChI=1S/C30H20ClNO/c31-21-12-14-28-25(18-21)24-16-19(10-13-27(24)32(28)22-6-2-1-3-7-22)20-11-15-30-26(17-20)23-8-4-5-9-29(23)33-30/h1-6,8-18,22H,7H2. The molecule has 0 amide bonds. The summed E-state index contributed by atoms with van der Waals surface area (Å²) < 4.78 is 8.47. The van der Waals surface area contributed by atoms with Gasteiger partial charge in [-0.15, -0.1) is 0 Å². The number of aromatic nitrogens is 1. The summed E-state index contributed by atoms with van der Waals surface area (Å²) in [5.41, 5.74) is 6.66. The van der Waals surface area contributed by atoms with Gasteiger partial charge in [-0.2, -0.15) is 0 Å². The zero-order valence-corrected chi connectivity index (χ0v) is 18.6. The lowest BCUT2D eigenvalue weighted by Crippen LogP contribution is -2.06. The molecule has 1 atom stereocenters. The van der Waals surface area contributed by atoms with Gasteiger partial charge in [0, 0.05) is 37.6 Å². The van der Waals surface area contributed by atoms with Crippen LogP contribution in [0.2, 0.25) is 5.02 Å². The largest absolute Gasteiger partial charge is 0.456 e. The second kappa shape index (κ2) is 7.13. The summed E-state index contributed by atoms with van der Waals surface area (Å²) in [4.78, 5) is 0. The number of rotatable bonds is 2. The van der Waals surface area contributed by atoms with Gasteiger partial charge in [0.2, 0.25) is 0 Å². The summed E-state index contributed by atoms with van der Waals surface area (Å²) in [6.07, 6.45) is 9.76. The van der Waals surface area contributed by atoms with E-state index < -0.39 is 0 Å². The lowest BCUT2D eigenvalue weighted by atomic mass is 10.0. The third kappa shape index (κ3) is 2.88. The van der Waals surface area contributed by atoms with Crippen LogP contribution >= 0.6 is 11.6 Å². The van der Waals surface area contributed by atoms with Crippen LogP contribution in [0.1, 0.15) is 12.5 Å². The maximum Gasteiger partial charge on any atom is 0.135 e. The molecule has 3 heteroatoms. The number of allylic oxidation sites excluding steroid dienone is 4. The van der Waals surface area contributed by atoms with Crippen molar-refractivity contribution in [1.29, 1.82) is 0 Å². The Bertz CT molecular complexity index is 1770. The molecule has 0 radical (unpaired) electrons. The molecular formula is C30H20ClNO. The number of hydrogen-bond acceptors (Lipinski definition) is 1. The van der Waals surface area contributed by atoms with Crippen LogP contribution in [0, 0.1) is 0 Å². The molecular weight excluding hydrogens is 426 g/mol. The number of para-hydroxylation sites is 1. The molecule has 0 fully saturated rings. The molecule has 158 valence electrons. The van der Waals surface area contributed by atoms with Gasteiger partial charge in [0.15, 0.2) is 0 Å². The first-order valence-corrected chi connectivity index (χ1v) is 11.6. The Morgan fingerprint density at radius 3 is 2.27 bits per heavy atom. The quantitative estimate of drug-likeness (QED) is 0.260. The molecule has 2 heterocycles. The van der Waals surface area contributed by atoms with Crippen molar-refractivity contribution in [3.05, 3.63) is 108 Å². The van der Waals surface area contributed by atoms with E-state index in [4.69, 9.17) is 16.0 Å². The lowest BCUT2D eigenvalue weighted by molar-refractivity contribution is 0.648. The van der Waals surface area contributed by atoms with E-state index in [1.165, 1.54) is 32.9 Å². The predicted molar refractivity (Wildman–Crippen MR) is 139 cm³/mol. The SMILES string of the molecule is Clc1ccc2c(c1)c1cc(-c3ccc4oc5ccccc5c4c3)ccc1n2C1C=CC=CC1. The van der Waals surface area contributed by atoms with E-state index in [2.05, 4.69) is 89.5 Å². The van der Waals surface area contributed by atoms with Gasteiger partial charge in [0.25, 0.3) is 0 Å². The Morgan fingerprint density at radius 2 is 1.42 bits per heavy atom. The van der Waals surface area contributed by atoms with E-state index in [9.17, 15) is 0 Å². The summed E-state index contributed by atoms with van der Waals surface area (Å²) >= 11 is 6.43. The molecule has 2 aromatic heterocycles. The summed E-state index contributed by atoms with van der Waals surface area (Å²) in [5.74, 6) is 0. The van der Waals surface area contributed by atoms with Crippen molar-refractivity contribution in [3.63, 3.8) is 0 Å². The summed E-state index contributed by atoms with van der Waals surface area (Å²) in [6.45, 7) is 0. The Labute approximate surface area is 196 Å². The first-order valence-electron chi connectivity index (χ1n) is 11.2. The van der Waals surface area contributed by atoms with Crippen molar-refractivity contribution in [2.75, 3.05) is 0 Å². The normalized spacial score (nSPS) is 16.0. The van der Waals surface area contributed by atoms with E-state index in [0.717, 1.165) is 33.4 Å². The molecule has 4 aromatic carbocycles. The Hall–Kier alpha value is -3.75. The second-order valence-electron chi connectivity index (χ2n) is 8.69. The van der Waals surface area contributed by atoms with Crippen LogP contribution in [0.3, 0.4) is 0 Å². The van der Waals surface area contributed by atoms with E-state index in [1.54, 1.807) is 0 Å². The molecule has 33 heavy (non-hydrogen) atoms. The summed E-state index contributed by atoms with van der Waals surface area (Å²) in [6, 6.07) is 28.0. The zero-order chi connectivity index (χ0) is 21.9. The van der Waals surface area contributed by atoms with Gasteiger partial charge in [-0.05, 0) is 66.1 Å². The van der Waals surface area contributed by atoms with Gasteiger partial charge in [-0.1, -0.05) is 66.2 Å². The number of furan rings is 1. The van der Waals surface area contributed by atoms with Gasteiger partial charge >= 0.3 is 0 Å². The summed E-state index contributed by atoms with van der Waals surface area (Å²) in [7, 11) is 0. The zero-order valence-electron chi connectivity index (χ0n) is 17.8. The minimum atomic E-state index is 0.302. The third-order valence-electron chi connectivity index (χ3n) is 6.76. The summed E-state index contributed by atoms with van der Waals surface area (Å²) in [5, 5.41) is 5.48. The van der Waals surface area contributed by atoms with Crippen molar-refractivity contribution >= 4 is 55.3 Å². The smallest absolute Gasteiger partial charge is 0.135 e. The van der Waals surface area contributed by atoms with Crippen LogP contribution in [0.25, 0.3) is 54.9 Å². The first kappa shape index (κ1) is 18.8. The molecule has 0 bridgehead atoms. The number of hydrogen-bond donors (Lipinski definition) is 0. The van der Waals surface area contributed by atoms with Gasteiger partial charge < -0.3 is 8.98 Å². The molecule has 0 N–H and O–H groups in total. The molecule has 0 spiro atoms. The average molecular weight is 446 g/mol. The van der Waals surface area contributed by atoms with Gasteiger partial charge in [0.1, 0.15) is 11.2 Å². The first-order chi connectivity index (χ1) is 16.3. The molecule has 0 saturated carbocycles. The van der Waals surface area contributed by atoms with E-state index >= 15 is 0 Å². The topological polar surface area (TPSA) is 18.1 Å². The highest BCUT2D eigenvalue weighted by Crippen LogP contribution is 2.39. The van der Waals surface area contributed by atoms with Crippen LogP contribution in [0.5, 0.6) is 0 Å². The van der Waals surface area contributed by atoms with Crippen LogP contribution in [-0.4, -0.2) is 4.57 Å². The third-order valence-corrected chi connectivity index (χ3v) is 7.00. The van der Waals surface area contributed by atoms with Crippen molar-refractivity contribution in [3.8, 4) is 11.1 Å². The van der Waals surface area contributed by atoms with Crippen LogP contribution in [0.15, 0.2) is 108 Å². The molecule has 0 saturated heterocycles. The average Bonchev–Trinajstić information content (AvgIpc) is 3.39. The maximum atomic E-state index is 6.43. The van der Waals surface area contributed by atoms with Gasteiger partial charge in [-0.25, -0.2) is 0 Å². The maximum absolute atomic E-state index is 6.43. The van der Waals surface area contributed by atoms with Crippen molar-refractivity contribution < 1.29 is 4.42 Å². The fourth-order valence-corrected chi connectivity index (χ4v) is 5.40. The number of nitrogens with zero attached hydrogens (tertiary/aromatic N) is 1. The molecule has 0 aliphatic heterocycles. The van der Waals surface area contributed by atoms with Crippen LogP contribution in [0.4, 0.5) is 0 Å². The minimum Gasteiger partial charge on any atom is -0.456 e. The van der Waals surface area contributed by atoms with E-state index in [-0.39, 0.29) is 0 Å². The number of benzene rings is 4. The van der Waals surface area contributed by atoms with E-state index in [0.29, 0.717) is 6.04 Å². The van der Waals surface area contributed by atoms with Crippen molar-refractivity contribution in [1.82, 2.24) is 4.57 Å². The Morgan fingerprint density at radius 1 is 0.697 bits per heavy atom. The Balaban J connectivity index is 1.47. The molecule has 1 unspecified atom stereocenters. The fourth-order valence-electron chi connectivity index (χ4n) is 5.23. The van der Waals surface area contributed by atoms with Crippen molar-refractivity contribution in [2.45, 2.75) is 12.5 Å². The molecule has 6 aromatic rings. The van der Waals surface area contributed by atoms with Gasteiger partial charge in [-0.3, -0.25) is 0 Å². The predicted octanol–water partition coefficient (Wildman–Crippen LogP) is 9.07.